The smallest absolute Gasteiger partial charge is 0.274 e. The third-order valence-electron chi connectivity index (χ3n) is 6.48. The van der Waals surface area contributed by atoms with E-state index >= 15 is 0 Å². The summed E-state index contributed by atoms with van der Waals surface area (Å²) in [5.74, 6) is -0.271. The van der Waals surface area contributed by atoms with Gasteiger partial charge >= 0.3 is 0 Å². The van der Waals surface area contributed by atoms with Crippen molar-refractivity contribution < 1.29 is 9.18 Å². The number of carbonyl (C=O) groups excluding carboxylic acids is 1. The number of rotatable bonds is 6. The molecule has 1 N–H and O–H groups in total. The van der Waals surface area contributed by atoms with Crippen molar-refractivity contribution in [1.82, 2.24) is 24.6 Å². The van der Waals surface area contributed by atoms with Crippen LogP contribution in [0.25, 0.3) is 11.4 Å². The maximum Gasteiger partial charge on any atom is 0.274 e. The molecule has 1 saturated heterocycles. The number of hydrogen-bond acceptors (Lipinski definition) is 6. The number of benzene rings is 2. The van der Waals surface area contributed by atoms with E-state index in [1.54, 1.807) is 28.9 Å². The fourth-order valence-corrected chi connectivity index (χ4v) is 4.71. The van der Waals surface area contributed by atoms with Crippen LogP contribution in [0.3, 0.4) is 0 Å². The summed E-state index contributed by atoms with van der Waals surface area (Å²) in [5.41, 5.74) is 2.07. The zero-order valence-corrected chi connectivity index (χ0v) is 21.4. The lowest BCUT2D eigenvalue weighted by atomic mass is 10.1. The summed E-state index contributed by atoms with van der Waals surface area (Å²) in [5, 5.41) is 7.48. The van der Waals surface area contributed by atoms with Gasteiger partial charge in [0.05, 0.1) is 17.8 Å². The number of hydrogen-bond donors (Lipinski definition) is 1. The molecule has 5 rings (SSSR count). The summed E-state index contributed by atoms with van der Waals surface area (Å²) >= 11 is 5.97. The Hall–Kier alpha value is -3.82. The Morgan fingerprint density at radius 3 is 2.65 bits per heavy atom. The summed E-state index contributed by atoms with van der Waals surface area (Å²) in [4.78, 5) is 26.8. The molecule has 3 heterocycles. The van der Waals surface area contributed by atoms with Crippen LogP contribution in [-0.4, -0.2) is 56.7 Å². The first-order chi connectivity index (χ1) is 17.9. The number of nitrogens with zero attached hydrogens (tertiary/aromatic N) is 6. The van der Waals surface area contributed by atoms with Crippen molar-refractivity contribution in [1.29, 1.82) is 0 Å². The highest BCUT2D eigenvalue weighted by atomic mass is 35.5. The highest BCUT2D eigenvalue weighted by molar-refractivity contribution is 6.30. The summed E-state index contributed by atoms with van der Waals surface area (Å²) in [6.45, 7) is 5.17. The van der Waals surface area contributed by atoms with Gasteiger partial charge in [-0.05, 0) is 36.9 Å². The lowest BCUT2D eigenvalue weighted by Crippen LogP contribution is -2.48. The topological polar surface area (TPSA) is 79.2 Å². The molecule has 1 unspecified atom stereocenters. The van der Waals surface area contributed by atoms with Crippen LogP contribution >= 0.6 is 11.6 Å². The molecule has 1 atom stereocenters. The minimum absolute atomic E-state index is 0.0970. The minimum Gasteiger partial charge on any atom is -0.353 e. The molecule has 2 aromatic heterocycles. The predicted molar refractivity (Wildman–Crippen MR) is 142 cm³/mol. The molecule has 1 fully saturated rings. The van der Waals surface area contributed by atoms with Crippen LogP contribution in [0.15, 0.2) is 67.0 Å². The van der Waals surface area contributed by atoms with Crippen molar-refractivity contribution in [2.45, 2.75) is 13.0 Å². The monoisotopic (exact) mass is 519 g/mol. The average molecular weight is 520 g/mol. The van der Waals surface area contributed by atoms with Gasteiger partial charge in [0.1, 0.15) is 17.3 Å². The number of anilines is 2. The van der Waals surface area contributed by atoms with Crippen molar-refractivity contribution in [2.24, 2.45) is 7.05 Å². The van der Waals surface area contributed by atoms with Gasteiger partial charge in [-0.2, -0.15) is 5.10 Å². The fourth-order valence-electron chi connectivity index (χ4n) is 4.56. The first-order valence-electron chi connectivity index (χ1n) is 12.1. The van der Waals surface area contributed by atoms with E-state index in [2.05, 4.69) is 32.1 Å². The van der Waals surface area contributed by atoms with Crippen molar-refractivity contribution in [3.05, 3.63) is 89.1 Å². The first-order valence-corrected chi connectivity index (χ1v) is 12.5. The molecule has 1 amide bonds. The highest BCUT2D eigenvalue weighted by Gasteiger charge is 2.30. The third kappa shape index (κ3) is 5.47. The molecular weight excluding hydrogens is 493 g/mol. The van der Waals surface area contributed by atoms with Gasteiger partial charge in [0.25, 0.3) is 5.91 Å². The largest absolute Gasteiger partial charge is 0.353 e. The standard InChI is InChI=1S/C27H27ClFN7O/c1-3-35-11-12-36(17-24(35)18-15-30-34(2)16-18)25-14-23(27(37)31-20-7-5-4-6-8-20)32-26(33-25)21-10-9-19(28)13-22(21)29/h4-10,13-16,24H,3,11-12,17H2,1-2H3,(H,31,37). The van der Waals surface area contributed by atoms with Gasteiger partial charge in [-0.25, -0.2) is 14.4 Å². The fraction of sp³-hybridized carbons (Fsp3) is 0.259. The zero-order chi connectivity index (χ0) is 25.9. The van der Waals surface area contributed by atoms with Crippen LogP contribution in [0.2, 0.25) is 5.02 Å². The number of aryl methyl sites for hydroxylation is 1. The average Bonchev–Trinajstić information content (AvgIpc) is 3.34. The van der Waals surface area contributed by atoms with Crippen LogP contribution in [0, 0.1) is 5.82 Å². The molecule has 1 aliphatic rings. The molecule has 4 aromatic rings. The Kier molecular flexibility index (Phi) is 7.16. The van der Waals surface area contributed by atoms with E-state index in [0.29, 0.717) is 24.6 Å². The SMILES string of the molecule is CCN1CCN(c2cc(C(=O)Nc3ccccc3)nc(-c3ccc(Cl)cc3F)n2)CC1c1cnn(C)c1. The second kappa shape index (κ2) is 10.7. The predicted octanol–water partition coefficient (Wildman–Crippen LogP) is 4.81. The molecule has 8 nitrogen and oxygen atoms in total. The second-order valence-corrected chi connectivity index (χ2v) is 9.35. The Bertz CT molecular complexity index is 1410. The van der Waals surface area contributed by atoms with E-state index in [9.17, 15) is 9.18 Å². The Labute approximate surface area is 219 Å². The second-order valence-electron chi connectivity index (χ2n) is 8.92. The number of likely N-dealkylation sites (N-methyl/N-ethyl adjacent to an activating group) is 1. The molecule has 1 aliphatic heterocycles. The van der Waals surface area contributed by atoms with E-state index < -0.39 is 11.7 Å². The number of halogens is 2. The number of nitrogens with one attached hydrogen (secondary N) is 1. The minimum atomic E-state index is -0.553. The van der Waals surface area contributed by atoms with Crippen molar-refractivity contribution in [3.63, 3.8) is 0 Å². The van der Waals surface area contributed by atoms with E-state index in [4.69, 9.17) is 16.6 Å². The molecule has 0 aliphatic carbocycles. The van der Waals surface area contributed by atoms with Crippen LogP contribution < -0.4 is 10.2 Å². The molecule has 190 valence electrons. The first kappa shape index (κ1) is 24.9. The summed E-state index contributed by atoms with van der Waals surface area (Å²) in [6.07, 6.45) is 3.90. The van der Waals surface area contributed by atoms with Crippen molar-refractivity contribution in [3.8, 4) is 11.4 Å². The number of carbonyl (C=O) groups is 1. The van der Waals surface area contributed by atoms with Gasteiger partial charge in [0.2, 0.25) is 0 Å². The summed E-state index contributed by atoms with van der Waals surface area (Å²) in [6, 6.07) is 15.2. The van der Waals surface area contributed by atoms with Gasteiger partial charge in [-0.3, -0.25) is 14.4 Å². The van der Waals surface area contributed by atoms with Gasteiger partial charge in [-0.1, -0.05) is 36.7 Å². The van der Waals surface area contributed by atoms with Crippen LogP contribution in [-0.2, 0) is 7.05 Å². The van der Waals surface area contributed by atoms with E-state index in [-0.39, 0.29) is 28.1 Å². The lowest BCUT2D eigenvalue weighted by Gasteiger charge is -2.41. The summed E-state index contributed by atoms with van der Waals surface area (Å²) in [7, 11) is 1.90. The number of amides is 1. The summed E-state index contributed by atoms with van der Waals surface area (Å²) < 4.78 is 16.7. The molecule has 37 heavy (non-hydrogen) atoms. The number of piperazine rings is 1. The van der Waals surface area contributed by atoms with E-state index in [0.717, 1.165) is 18.7 Å². The van der Waals surface area contributed by atoms with Crippen LogP contribution in [0.1, 0.15) is 29.0 Å². The highest BCUT2D eigenvalue weighted by Crippen LogP contribution is 2.30. The Balaban J connectivity index is 1.53. The molecule has 10 heteroatoms. The van der Waals surface area contributed by atoms with Gasteiger partial charge in [0, 0.05) is 55.2 Å². The van der Waals surface area contributed by atoms with Crippen molar-refractivity contribution >= 4 is 29.0 Å². The molecule has 0 saturated carbocycles. The molecule has 0 spiro atoms. The van der Waals surface area contributed by atoms with Gasteiger partial charge in [-0.15, -0.1) is 0 Å². The van der Waals surface area contributed by atoms with Gasteiger partial charge in [0.15, 0.2) is 5.82 Å². The maximum atomic E-state index is 14.9. The molecule has 0 bridgehead atoms. The quantitative estimate of drug-likeness (QED) is 0.394. The van der Waals surface area contributed by atoms with Gasteiger partial charge < -0.3 is 10.2 Å². The molecule has 0 radical (unpaired) electrons. The van der Waals surface area contributed by atoms with E-state index in [1.807, 2.05) is 37.6 Å². The molecular formula is C27H27ClFN7O. The molecule has 2 aromatic carbocycles. The Morgan fingerprint density at radius 1 is 1.14 bits per heavy atom. The zero-order valence-electron chi connectivity index (χ0n) is 20.6. The van der Waals surface area contributed by atoms with E-state index in [1.165, 1.54) is 12.1 Å². The third-order valence-corrected chi connectivity index (χ3v) is 6.72. The lowest BCUT2D eigenvalue weighted by molar-refractivity contribution is 0.102. The number of para-hydroxylation sites is 1. The number of aromatic nitrogens is 4. The normalized spacial score (nSPS) is 16.1. The maximum absolute atomic E-state index is 14.9. The Morgan fingerprint density at radius 2 is 1.95 bits per heavy atom. The van der Waals surface area contributed by atoms with Crippen molar-refractivity contribution in [2.75, 3.05) is 36.4 Å². The van der Waals surface area contributed by atoms with Crippen LogP contribution in [0.4, 0.5) is 15.9 Å². The van der Waals surface area contributed by atoms with Crippen LogP contribution in [0.5, 0.6) is 0 Å².